The van der Waals surface area contributed by atoms with Crippen LogP contribution in [0.4, 0.5) is 0 Å². The lowest BCUT2D eigenvalue weighted by molar-refractivity contribution is -0.318. The van der Waals surface area contributed by atoms with Crippen molar-refractivity contribution in [2.75, 3.05) is 13.7 Å². The largest absolute Gasteiger partial charge is 0.507 e. The molecule has 2 aromatic rings. The van der Waals surface area contributed by atoms with Gasteiger partial charge in [0.15, 0.2) is 23.6 Å². The summed E-state index contributed by atoms with van der Waals surface area (Å²) >= 11 is 0. The summed E-state index contributed by atoms with van der Waals surface area (Å²) in [6, 6.07) is 6.90. The van der Waals surface area contributed by atoms with Gasteiger partial charge in [0.05, 0.1) is 26.2 Å². The van der Waals surface area contributed by atoms with E-state index in [1.54, 1.807) is 6.07 Å². The fourth-order valence-electron chi connectivity index (χ4n) is 5.20. The Morgan fingerprint density at radius 1 is 0.837 bits per heavy atom. The van der Waals surface area contributed by atoms with Gasteiger partial charge in [0.25, 0.3) is 0 Å². The summed E-state index contributed by atoms with van der Waals surface area (Å²) in [5.41, 5.74) is 0.373. The van der Waals surface area contributed by atoms with Crippen LogP contribution in [-0.2, 0) is 14.2 Å². The minimum Gasteiger partial charge on any atom is -0.507 e. The Balaban J connectivity index is 1.30. The Hall–Kier alpha value is -3.25. The third-order valence-electron chi connectivity index (χ3n) is 7.70. The standard InChI is InChI=1S/C28H34O15/c1-10-21(32)23(34)25(36)27(40-10)39-9-19-22(33)24(35)26(37)28(43-19)41-12-6-14(30)20-15(31)8-17(42-18(20)7-12)11-3-4-16(38-2)13(29)5-11/h3-7,10,17,19,21-30,32-37H,8-9H2,1-2H3/t10?,17-,19?,21?,22?,23?,24?,25?,26?,27?,28?/m1/s1. The van der Waals surface area contributed by atoms with Crippen molar-refractivity contribution < 1.29 is 74.1 Å². The van der Waals surface area contributed by atoms with Crippen LogP contribution in [0.1, 0.15) is 35.4 Å². The number of Topliss-reactive ketones (excluding diaryl/α,β-unsaturated/α-hetero) is 1. The lowest BCUT2D eigenvalue weighted by Gasteiger charge is -2.42. The van der Waals surface area contributed by atoms with Crippen LogP contribution in [0.15, 0.2) is 30.3 Å². The van der Waals surface area contributed by atoms with Gasteiger partial charge in [0.1, 0.15) is 71.6 Å². The lowest BCUT2D eigenvalue weighted by Crippen LogP contribution is -2.61. The van der Waals surface area contributed by atoms with Crippen molar-refractivity contribution in [2.45, 2.75) is 80.9 Å². The molecule has 10 unspecified atom stereocenters. The second-order valence-corrected chi connectivity index (χ2v) is 10.6. The first-order chi connectivity index (χ1) is 20.4. The van der Waals surface area contributed by atoms with E-state index < -0.39 is 85.7 Å². The molecule has 0 bridgehead atoms. The van der Waals surface area contributed by atoms with E-state index in [-0.39, 0.29) is 35.0 Å². The highest BCUT2D eigenvalue weighted by atomic mass is 16.7. The zero-order chi connectivity index (χ0) is 31.2. The molecular weight excluding hydrogens is 576 g/mol. The van der Waals surface area contributed by atoms with Crippen molar-refractivity contribution in [1.82, 2.24) is 0 Å². The molecule has 43 heavy (non-hydrogen) atoms. The number of phenols is 2. The molecule has 0 spiro atoms. The smallest absolute Gasteiger partial charge is 0.229 e. The predicted octanol–water partition coefficient (Wildman–Crippen LogP) is -1.16. The fraction of sp³-hybridized carbons (Fsp3) is 0.536. The van der Waals surface area contributed by atoms with E-state index in [4.69, 9.17) is 28.4 Å². The number of aliphatic hydroxyl groups excluding tert-OH is 6. The highest BCUT2D eigenvalue weighted by Crippen LogP contribution is 2.43. The normalized spacial score (nSPS) is 36.0. The van der Waals surface area contributed by atoms with Gasteiger partial charge in [-0.15, -0.1) is 0 Å². The van der Waals surface area contributed by atoms with Crippen LogP contribution in [0.25, 0.3) is 0 Å². The van der Waals surface area contributed by atoms with Gasteiger partial charge in [0, 0.05) is 12.1 Å². The predicted molar refractivity (Wildman–Crippen MR) is 141 cm³/mol. The topological polar surface area (TPSA) is 234 Å². The Morgan fingerprint density at radius 3 is 2.23 bits per heavy atom. The van der Waals surface area contributed by atoms with Crippen molar-refractivity contribution in [3.63, 3.8) is 0 Å². The van der Waals surface area contributed by atoms with Crippen molar-refractivity contribution in [2.24, 2.45) is 0 Å². The summed E-state index contributed by atoms with van der Waals surface area (Å²) in [4.78, 5) is 12.9. The fourth-order valence-corrected chi connectivity index (χ4v) is 5.20. The van der Waals surface area contributed by atoms with Crippen LogP contribution in [0.5, 0.6) is 28.7 Å². The maximum Gasteiger partial charge on any atom is 0.229 e. The van der Waals surface area contributed by atoms with E-state index in [1.165, 1.54) is 32.2 Å². The number of benzene rings is 2. The molecule has 15 nitrogen and oxygen atoms in total. The van der Waals surface area contributed by atoms with E-state index in [1.807, 2.05) is 0 Å². The van der Waals surface area contributed by atoms with Crippen molar-refractivity contribution in [1.29, 1.82) is 0 Å². The molecule has 3 aliphatic heterocycles. The molecule has 2 saturated heterocycles. The van der Waals surface area contributed by atoms with Crippen LogP contribution in [0.3, 0.4) is 0 Å². The summed E-state index contributed by atoms with van der Waals surface area (Å²) in [5.74, 6) is -0.999. The molecule has 2 aromatic carbocycles. The van der Waals surface area contributed by atoms with Crippen molar-refractivity contribution in [3.8, 4) is 28.7 Å². The van der Waals surface area contributed by atoms with Gasteiger partial charge in [-0.05, 0) is 24.6 Å². The third-order valence-corrected chi connectivity index (χ3v) is 7.70. The quantitative estimate of drug-likeness (QED) is 0.185. The third kappa shape index (κ3) is 6.08. The van der Waals surface area contributed by atoms with E-state index in [0.29, 0.717) is 5.56 Å². The zero-order valence-electron chi connectivity index (χ0n) is 23.1. The summed E-state index contributed by atoms with van der Waals surface area (Å²) in [6.07, 6.45) is -15.9. The van der Waals surface area contributed by atoms with Gasteiger partial charge in [0.2, 0.25) is 6.29 Å². The Kier molecular flexibility index (Phi) is 8.99. The number of aromatic hydroxyl groups is 2. The van der Waals surface area contributed by atoms with Gasteiger partial charge >= 0.3 is 0 Å². The molecule has 0 saturated carbocycles. The molecule has 5 rings (SSSR count). The molecule has 236 valence electrons. The molecule has 3 heterocycles. The Bertz CT molecular complexity index is 1320. The molecule has 3 aliphatic rings. The number of carbonyl (C=O) groups is 1. The second-order valence-electron chi connectivity index (χ2n) is 10.6. The number of hydrogen-bond acceptors (Lipinski definition) is 15. The first-order valence-corrected chi connectivity index (χ1v) is 13.5. The van der Waals surface area contributed by atoms with E-state index in [0.717, 1.165) is 6.07 Å². The molecule has 2 fully saturated rings. The number of methoxy groups -OCH3 is 1. The van der Waals surface area contributed by atoms with Crippen LogP contribution >= 0.6 is 0 Å². The lowest BCUT2D eigenvalue weighted by atomic mass is 9.95. The first kappa shape index (κ1) is 31.2. The average molecular weight is 611 g/mol. The van der Waals surface area contributed by atoms with Gasteiger partial charge in [-0.1, -0.05) is 6.07 Å². The molecule has 15 heteroatoms. The minimum absolute atomic E-state index is 0.0457. The van der Waals surface area contributed by atoms with Gasteiger partial charge in [-0.25, -0.2) is 0 Å². The zero-order valence-corrected chi connectivity index (χ0v) is 23.1. The molecule has 0 radical (unpaired) electrons. The number of aliphatic hydroxyl groups is 6. The number of rotatable bonds is 7. The summed E-state index contributed by atoms with van der Waals surface area (Å²) in [5, 5.41) is 82.2. The minimum atomic E-state index is -1.77. The maximum atomic E-state index is 12.9. The molecule has 0 amide bonds. The van der Waals surface area contributed by atoms with E-state index in [9.17, 15) is 45.6 Å². The van der Waals surface area contributed by atoms with Gasteiger partial charge < -0.3 is 69.3 Å². The Morgan fingerprint density at radius 2 is 1.53 bits per heavy atom. The number of hydrogen-bond donors (Lipinski definition) is 8. The van der Waals surface area contributed by atoms with Crippen LogP contribution in [0.2, 0.25) is 0 Å². The first-order valence-electron chi connectivity index (χ1n) is 13.5. The molecule has 0 aliphatic carbocycles. The second kappa shape index (κ2) is 12.4. The number of phenolic OH excluding ortho intramolecular Hbond substituents is 2. The highest BCUT2D eigenvalue weighted by molar-refractivity contribution is 6.02. The number of ether oxygens (including phenoxy) is 6. The monoisotopic (exact) mass is 610 g/mol. The van der Waals surface area contributed by atoms with Crippen LogP contribution < -0.4 is 14.2 Å². The Labute approximate surface area is 245 Å². The highest BCUT2D eigenvalue weighted by Gasteiger charge is 2.47. The average Bonchev–Trinajstić information content (AvgIpc) is 2.97. The molecule has 8 N–H and O–H groups in total. The van der Waals surface area contributed by atoms with Crippen molar-refractivity contribution >= 4 is 5.78 Å². The molecular formula is C28H34O15. The number of fused-ring (bicyclic) bond motifs is 1. The van der Waals surface area contributed by atoms with Gasteiger partial charge in [-0.3, -0.25) is 4.79 Å². The van der Waals surface area contributed by atoms with E-state index >= 15 is 0 Å². The SMILES string of the molecule is COc1ccc([C@H]2CC(=O)c3c(O)cc(OC4OC(COC5OC(C)C(O)C(O)C5O)C(O)C(O)C4O)cc3O2)cc1O. The summed E-state index contributed by atoms with van der Waals surface area (Å²) in [7, 11) is 1.39. The summed E-state index contributed by atoms with van der Waals surface area (Å²) < 4.78 is 33.1. The van der Waals surface area contributed by atoms with Crippen LogP contribution in [-0.4, -0.2) is 122 Å². The number of carbonyl (C=O) groups excluding carboxylic acids is 1. The van der Waals surface area contributed by atoms with Crippen molar-refractivity contribution in [3.05, 3.63) is 41.5 Å². The molecule has 0 aromatic heterocycles. The molecule has 11 atom stereocenters. The number of ketones is 1. The maximum absolute atomic E-state index is 12.9. The van der Waals surface area contributed by atoms with E-state index in [2.05, 4.69) is 0 Å². The summed E-state index contributed by atoms with van der Waals surface area (Å²) in [6.45, 7) is 0.964. The van der Waals surface area contributed by atoms with Gasteiger partial charge in [-0.2, -0.15) is 0 Å². The van der Waals surface area contributed by atoms with Crippen LogP contribution in [0, 0.1) is 0 Å².